The minimum atomic E-state index is 0. The molecule has 0 aromatic heterocycles. The van der Waals surface area contributed by atoms with E-state index in [1.165, 1.54) is 18.4 Å². The Morgan fingerprint density at radius 3 is 2.46 bits per heavy atom. The number of nitrogens with one attached hydrogen (secondary N) is 2. The number of hydrogen-bond acceptors (Lipinski definition) is 4. The normalized spacial score (nSPS) is 19.8. The monoisotopic (exact) mass is 501 g/mol. The first-order valence-corrected chi connectivity index (χ1v) is 10.4. The fraction of sp³-hybridized carbons (Fsp3) is 0.667. The molecule has 0 aliphatic carbocycles. The number of benzene rings is 1. The number of piperidine rings is 1. The Kier molecular flexibility index (Phi) is 11.1. The summed E-state index contributed by atoms with van der Waals surface area (Å²) < 4.78 is 5.41. The average Bonchev–Trinajstić information content (AvgIpc) is 2.71. The van der Waals surface area contributed by atoms with E-state index in [1.54, 1.807) is 0 Å². The van der Waals surface area contributed by atoms with Crippen LogP contribution in [0.1, 0.15) is 25.3 Å². The van der Waals surface area contributed by atoms with Crippen LogP contribution >= 0.6 is 24.0 Å². The van der Waals surface area contributed by atoms with Crippen LogP contribution in [0.15, 0.2) is 35.3 Å². The van der Waals surface area contributed by atoms with Crippen molar-refractivity contribution in [2.75, 3.05) is 59.0 Å². The number of morpholine rings is 1. The van der Waals surface area contributed by atoms with Crippen molar-refractivity contribution >= 4 is 29.9 Å². The molecular weight excluding hydrogens is 465 g/mol. The number of aliphatic imine (C=N–C) groups is 1. The van der Waals surface area contributed by atoms with Crippen LogP contribution in [0.2, 0.25) is 0 Å². The molecule has 2 fully saturated rings. The molecule has 3 rings (SSSR count). The molecule has 0 radical (unpaired) electrons. The minimum absolute atomic E-state index is 0. The van der Waals surface area contributed by atoms with Crippen LogP contribution in [0.3, 0.4) is 0 Å². The highest BCUT2D eigenvalue weighted by Crippen LogP contribution is 2.13. The summed E-state index contributed by atoms with van der Waals surface area (Å²) in [7, 11) is 0. The zero-order chi connectivity index (χ0) is 18.7. The van der Waals surface area contributed by atoms with Crippen molar-refractivity contribution in [2.45, 2.75) is 32.4 Å². The van der Waals surface area contributed by atoms with Gasteiger partial charge in [-0.05, 0) is 25.3 Å². The van der Waals surface area contributed by atoms with E-state index in [-0.39, 0.29) is 24.0 Å². The second-order valence-corrected chi connectivity index (χ2v) is 7.40. The SMILES string of the molecule is CCNC(=NCCN1CCOCC1)NC1CCN(Cc2ccccc2)CC1.I. The molecule has 7 heteroatoms. The van der Waals surface area contributed by atoms with Crippen LogP contribution in [0.4, 0.5) is 0 Å². The molecule has 1 aromatic carbocycles. The highest BCUT2D eigenvalue weighted by Gasteiger charge is 2.20. The Morgan fingerprint density at radius 2 is 1.79 bits per heavy atom. The molecule has 0 saturated carbocycles. The molecule has 6 nitrogen and oxygen atoms in total. The quantitative estimate of drug-likeness (QED) is 0.341. The van der Waals surface area contributed by atoms with Gasteiger partial charge < -0.3 is 15.4 Å². The summed E-state index contributed by atoms with van der Waals surface area (Å²) in [4.78, 5) is 9.77. The molecular formula is C21H36IN5O. The number of nitrogens with zero attached hydrogens (tertiary/aromatic N) is 3. The third-order valence-corrected chi connectivity index (χ3v) is 5.31. The molecule has 0 bridgehead atoms. The number of ether oxygens (including phenoxy) is 1. The predicted molar refractivity (Wildman–Crippen MR) is 127 cm³/mol. The molecule has 2 aliphatic rings. The molecule has 2 aliphatic heterocycles. The molecule has 2 N–H and O–H groups in total. The molecule has 0 atom stereocenters. The number of rotatable bonds is 7. The first-order valence-electron chi connectivity index (χ1n) is 10.4. The first-order chi connectivity index (χ1) is 13.3. The van der Waals surface area contributed by atoms with Crippen LogP contribution in [0.5, 0.6) is 0 Å². The van der Waals surface area contributed by atoms with Crippen molar-refractivity contribution in [1.29, 1.82) is 0 Å². The summed E-state index contributed by atoms with van der Waals surface area (Å²) in [6.45, 7) is 12.0. The first kappa shape index (κ1) is 23.4. The topological polar surface area (TPSA) is 52.1 Å². The second-order valence-electron chi connectivity index (χ2n) is 7.40. The predicted octanol–water partition coefficient (Wildman–Crippen LogP) is 2.16. The van der Waals surface area contributed by atoms with E-state index in [0.717, 1.165) is 71.5 Å². The van der Waals surface area contributed by atoms with E-state index < -0.39 is 0 Å². The van der Waals surface area contributed by atoms with Crippen molar-refractivity contribution in [3.05, 3.63) is 35.9 Å². The maximum atomic E-state index is 5.41. The number of likely N-dealkylation sites (tertiary alicyclic amines) is 1. The van der Waals surface area contributed by atoms with Crippen LogP contribution in [0, 0.1) is 0 Å². The van der Waals surface area contributed by atoms with Gasteiger partial charge in [0.05, 0.1) is 19.8 Å². The fourth-order valence-corrected chi connectivity index (χ4v) is 3.72. The van der Waals surface area contributed by atoms with Gasteiger partial charge in [-0.25, -0.2) is 0 Å². The maximum absolute atomic E-state index is 5.41. The Hall–Kier alpha value is -0.900. The van der Waals surface area contributed by atoms with E-state index >= 15 is 0 Å². The summed E-state index contributed by atoms with van der Waals surface area (Å²) in [5, 5.41) is 7.05. The van der Waals surface area contributed by atoms with Crippen molar-refractivity contribution in [1.82, 2.24) is 20.4 Å². The Labute approximate surface area is 187 Å². The van der Waals surface area contributed by atoms with Crippen LogP contribution in [-0.4, -0.2) is 80.8 Å². The van der Waals surface area contributed by atoms with Crippen molar-refractivity contribution in [2.24, 2.45) is 4.99 Å². The van der Waals surface area contributed by atoms with E-state index in [9.17, 15) is 0 Å². The smallest absolute Gasteiger partial charge is 0.191 e. The van der Waals surface area contributed by atoms with Gasteiger partial charge in [0.1, 0.15) is 0 Å². The minimum Gasteiger partial charge on any atom is -0.379 e. The lowest BCUT2D eigenvalue weighted by Gasteiger charge is -2.33. The van der Waals surface area contributed by atoms with Gasteiger partial charge in [-0.15, -0.1) is 24.0 Å². The summed E-state index contributed by atoms with van der Waals surface area (Å²) in [6, 6.07) is 11.3. The largest absolute Gasteiger partial charge is 0.379 e. The van der Waals surface area contributed by atoms with Gasteiger partial charge in [-0.2, -0.15) is 0 Å². The lowest BCUT2D eigenvalue weighted by Crippen LogP contribution is -2.48. The lowest BCUT2D eigenvalue weighted by atomic mass is 10.0. The number of hydrogen-bond donors (Lipinski definition) is 2. The van der Waals surface area contributed by atoms with Gasteiger partial charge in [0.25, 0.3) is 0 Å². The summed E-state index contributed by atoms with van der Waals surface area (Å²) >= 11 is 0. The summed E-state index contributed by atoms with van der Waals surface area (Å²) in [5.74, 6) is 0.965. The molecule has 2 saturated heterocycles. The van der Waals surface area contributed by atoms with Gasteiger partial charge >= 0.3 is 0 Å². The molecule has 0 unspecified atom stereocenters. The van der Waals surface area contributed by atoms with Crippen molar-refractivity contribution in [3.63, 3.8) is 0 Å². The third-order valence-electron chi connectivity index (χ3n) is 5.31. The van der Waals surface area contributed by atoms with Crippen LogP contribution in [-0.2, 0) is 11.3 Å². The standard InChI is InChI=1S/C21H35N5O.HI/c1-2-22-21(23-10-13-25-14-16-27-17-15-25)24-20-8-11-26(12-9-20)18-19-6-4-3-5-7-19;/h3-7,20H,2,8-18H2,1H3,(H2,22,23,24);1H. The van der Waals surface area contributed by atoms with E-state index in [1.807, 2.05) is 0 Å². The Morgan fingerprint density at radius 1 is 1.07 bits per heavy atom. The van der Waals surface area contributed by atoms with Gasteiger partial charge in [-0.3, -0.25) is 14.8 Å². The maximum Gasteiger partial charge on any atom is 0.191 e. The van der Waals surface area contributed by atoms with Crippen molar-refractivity contribution < 1.29 is 4.74 Å². The number of halogens is 1. The zero-order valence-corrected chi connectivity index (χ0v) is 19.4. The summed E-state index contributed by atoms with van der Waals surface area (Å²) in [5.41, 5.74) is 1.40. The van der Waals surface area contributed by atoms with Crippen molar-refractivity contribution in [3.8, 4) is 0 Å². The molecule has 28 heavy (non-hydrogen) atoms. The zero-order valence-electron chi connectivity index (χ0n) is 17.1. The van der Waals surface area contributed by atoms with Crippen LogP contribution < -0.4 is 10.6 Å². The Bertz CT molecular complexity index is 557. The fourth-order valence-electron chi connectivity index (χ4n) is 3.72. The van der Waals surface area contributed by atoms with E-state index in [4.69, 9.17) is 9.73 Å². The van der Waals surface area contributed by atoms with Crippen LogP contribution in [0.25, 0.3) is 0 Å². The number of guanidine groups is 1. The molecule has 2 heterocycles. The van der Waals surface area contributed by atoms with Gasteiger partial charge in [-0.1, -0.05) is 30.3 Å². The van der Waals surface area contributed by atoms with E-state index in [0.29, 0.717) is 6.04 Å². The highest BCUT2D eigenvalue weighted by molar-refractivity contribution is 14.0. The lowest BCUT2D eigenvalue weighted by molar-refractivity contribution is 0.0394. The summed E-state index contributed by atoms with van der Waals surface area (Å²) in [6.07, 6.45) is 2.33. The van der Waals surface area contributed by atoms with Gasteiger partial charge in [0.15, 0.2) is 5.96 Å². The molecule has 1 aromatic rings. The van der Waals surface area contributed by atoms with E-state index in [2.05, 4.69) is 57.7 Å². The average molecular weight is 501 g/mol. The molecule has 158 valence electrons. The van der Waals surface area contributed by atoms with Gasteiger partial charge in [0, 0.05) is 51.9 Å². The Balaban J connectivity index is 0.00000280. The second kappa shape index (κ2) is 13.3. The molecule has 0 amide bonds. The third kappa shape index (κ3) is 8.23. The van der Waals surface area contributed by atoms with Gasteiger partial charge in [0.2, 0.25) is 0 Å². The molecule has 0 spiro atoms. The highest BCUT2D eigenvalue weighted by atomic mass is 127.